The highest BCUT2D eigenvalue weighted by Gasteiger charge is 2.37. The summed E-state index contributed by atoms with van der Waals surface area (Å²) in [5.74, 6) is -0.478. The maximum atomic E-state index is 10.8. The molecule has 0 aromatic rings. The zero-order valence-electron chi connectivity index (χ0n) is 5.18. The van der Waals surface area contributed by atoms with Gasteiger partial charge in [-0.3, -0.25) is 20.2 Å². The second-order valence-electron chi connectivity index (χ2n) is 2.32. The molecule has 1 fully saturated rings. The third kappa shape index (κ3) is 0.537. The average Bonchev–Trinajstić information content (AvgIpc) is 2.39. The van der Waals surface area contributed by atoms with Crippen LogP contribution in [-0.2, 0) is 9.59 Å². The Morgan fingerprint density at radius 1 is 1.50 bits per heavy atom. The predicted molar refractivity (Wildman–Crippen MR) is 33.0 cm³/mol. The number of nitrogens with one attached hydrogen (secondary N) is 2. The highest BCUT2D eigenvalue weighted by atomic mass is 16.2. The molecule has 52 valence electrons. The fourth-order valence-corrected chi connectivity index (χ4v) is 1.23. The van der Waals surface area contributed by atoms with Gasteiger partial charge in [0.25, 0.3) is 5.91 Å². The molecular weight excluding hydrogens is 132 g/mol. The van der Waals surface area contributed by atoms with Crippen LogP contribution in [0.15, 0.2) is 11.6 Å². The zero-order chi connectivity index (χ0) is 7.14. The summed E-state index contributed by atoms with van der Waals surface area (Å²) in [5.41, 5.74) is 0.574. The molecule has 2 amide bonds. The minimum atomic E-state index is -0.368. The van der Waals surface area contributed by atoms with E-state index in [1.54, 1.807) is 6.08 Å². The Balaban J connectivity index is 2.41. The zero-order valence-corrected chi connectivity index (χ0v) is 5.18. The first-order chi connectivity index (χ1) is 4.79. The molecule has 1 unspecified atom stereocenters. The Kier molecular flexibility index (Phi) is 0.935. The number of fused-ring (bicyclic) bond motifs is 1. The van der Waals surface area contributed by atoms with Crippen molar-refractivity contribution < 1.29 is 9.59 Å². The molecule has 0 aromatic carbocycles. The van der Waals surface area contributed by atoms with E-state index in [9.17, 15) is 9.59 Å². The minimum absolute atomic E-state index is 0.228. The Bertz CT molecular complexity index is 244. The summed E-state index contributed by atoms with van der Waals surface area (Å²) >= 11 is 0. The van der Waals surface area contributed by atoms with Gasteiger partial charge in [0, 0.05) is 12.1 Å². The van der Waals surface area contributed by atoms with Crippen LogP contribution < -0.4 is 10.6 Å². The molecular formula is C6H6N2O2. The quantitative estimate of drug-likeness (QED) is 0.402. The van der Waals surface area contributed by atoms with E-state index in [1.807, 2.05) is 0 Å². The number of hydrogen-bond donors (Lipinski definition) is 2. The van der Waals surface area contributed by atoms with Crippen LogP contribution in [-0.4, -0.2) is 24.4 Å². The van der Waals surface area contributed by atoms with Gasteiger partial charge < -0.3 is 0 Å². The third-order valence-corrected chi connectivity index (χ3v) is 1.72. The second-order valence-corrected chi connectivity index (χ2v) is 2.32. The summed E-state index contributed by atoms with van der Waals surface area (Å²) < 4.78 is 0. The molecule has 2 aliphatic heterocycles. The van der Waals surface area contributed by atoms with Gasteiger partial charge in [0.15, 0.2) is 0 Å². The van der Waals surface area contributed by atoms with Crippen LogP contribution in [0.4, 0.5) is 0 Å². The molecule has 1 saturated heterocycles. The number of carbonyl (C=O) groups excluding carboxylic acids is 2. The summed E-state index contributed by atoms with van der Waals surface area (Å²) in [5, 5.41) is 5.08. The van der Waals surface area contributed by atoms with Crippen molar-refractivity contribution in [3.63, 3.8) is 0 Å². The van der Waals surface area contributed by atoms with Crippen LogP contribution in [0.1, 0.15) is 0 Å². The van der Waals surface area contributed by atoms with Crippen molar-refractivity contribution in [3.8, 4) is 0 Å². The lowest BCUT2D eigenvalue weighted by Crippen LogP contribution is -2.34. The van der Waals surface area contributed by atoms with Crippen LogP contribution in [0.3, 0.4) is 0 Å². The van der Waals surface area contributed by atoms with E-state index in [4.69, 9.17) is 0 Å². The molecule has 2 heterocycles. The Morgan fingerprint density at radius 3 is 3.00 bits per heavy atom. The summed E-state index contributed by atoms with van der Waals surface area (Å²) in [6.07, 6.45) is 1.74. The van der Waals surface area contributed by atoms with Gasteiger partial charge in [-0.2, -0.15) is 0 Å². The Morgan fingerprint density at radius 2 is 2.30 bits per heavy atom. The van der Waals surface area contributed by atoms with E-state index >= 15 is 0 Å². The maximum absolute atomic E-state index is 10.8. The van der Waals surface area contributed by atoms with Crippen molar-refractivity contribution in [2.75, 3.05) is 6.54 Å². The lowest BCUT2D eigenvalue weighted by Gasteiger charge is -1.98. The van der Waals surface area contributed by atoms with E-state index in [-0.39, 0.29) is 17.9 Å². The molecule has 0 aliphatic carbocycles. The van der Waals surface area contributed by atoms with Crippen LogP contribution in [0.25, 0.3) is 0 Å². The predicted octanol–water partition coefficient (Wildman–Crippen LogP) is -1.46. The molecule has 0 spiro atoms. The minimum Gasteiger partial charge on any atom is -0.298 e. The van der Waals surface area contributed by atoms with Crippen molar-refractivity contribution in [3.05, 3.63) is 11.6 Å². The summed E-state index contributed by atoms with van der Waals surface area (Å²) in [4.78, 5) is 21.7. The van der Waals surface area contributed by atoms with Crippen molar-refractivity contribution in [1.82, 2.24) is 10.6 Å². The van der Waals surface area contributed by atoms with Gasteiger partial charge in [0.1, 0.15) is 6.04 Å². The molecule has 0 radical (unpaired) electrons. The number of hydrogen-bond acceptors (Lipinski definition) is 3. The van der Waals surface area contributed by atoms with Gasteiger partial charge in [-0.1, -0.05) is 6.08 Å². The number of rotatable bonds is 0. The van der Waals surface area contributed by atoms with Gasteiger partial charge in [0.05, 0.1) is 0 Å². The molecule has 4 heteroatoms. The summed E-state index contributed by atoms with van der Waals surface area (Å²) in [6, 6.07) is -0.368. The van der Waals surface area contributed by atoms with Gasteiger partial charge in [-0.15, -0.1) is 0 Å². The van der Waals surface area contributed by atoms with E-state index in [0.29, 0.717) is 12.1 Å². The molecule has 0 aromatic heterocycles. The molecule has 2 rings (SSSR count). The molecule has 10 heavy (non-hydrogen) atoms. The van der Waals surface area contributed by atoms with E-state index in [2.05, 4.69) is 10.6 Å². The standard InChI is InChI=1S/C6H6N2O2/c9-5-3-1-2-7-4(3)6(10)8-5/h1,4,7H,2H2,(H,8,9,10). The molecule has 2 aliphatic rings. The number of imide groups is 1. The third-order valence-electron chi connectivity index (χ3n) is 1.72. The largest absolute Gasteiger partial charge is 0.298 e. The SMILES string of the molecule is O=C1NC(=O)C2NCC=C12. The normalized spacial score (nSPS) is 30.0. The summed E-state index contributed by atoms with van der Waals surface area (Å²) in [6.45, 7) is 0.624. The van der Waals surface area contributed by atoms with Gasteiger partial charge >= 0.3 is 0 Å². The van der Waals surface area contributed by atoms with Crippen molar-refractivity contribution in [2.24, 2.45) is 0 Å². The molecule has 2 N–H and O–H groups in total. The fourth-order valence-electron chi connectivity index (χ4n) is 1.23. The topological polar surface area (TPSA) is 58.2 Å². The van der Waals surface area contributed by atoms with Crippen molar-refractivity contribution in [2.45, 2.75) is 6.04 Å². The lowest BCUT2D eigenvalue weighted by atomic mass is 10.2. The summed E-state index contributed by atoms with van der Waals surface area (Å²) in [7, 11) is 0. The van der Waals surface area contributed by atoms with E-state index < -0.39 is 0 Å². The maximum Gasteiger partial charge on any atom is 0.255 e. The monoisotopic (exact) mass is 138 g/mol. The highest BCUT2D eigenvalue weighted by Crippen LogP contribution is 2.13. The first-order valence-corrected chi connectivity index (χ1v) is 3.07. The fraction of sp³-hybridized carbons (Fsp3) is 0.333. The van der Waals surface area contributed by atoms with E-state index in [0.717, 1.165) is 0 Å². The van der Waals surface area contributed by atoms with Crippen molar-refractivity contribution >= 4 is 11.8 Å². The Labute approximate surface area is 57.3 Å². The highest BCUT2D eigenvalue weighted by molar-refractivity contribution is 6.17. The van der Waals surface area contributed by atoms with Gasteiger partial charge in [-0.25, -0.2) is 0 Å². The smallest absolute Gasteiger partial charge is 0.255 e. The molecule has 0 bridgehead atoms. The van der Waals surface area contributed by atoms with Crippen LogP contribution in [0.2, 0.25) is 0 Å². The average molecular weight is 138 g/mol. The van der Waals surface area contributed by atoms with E-state index in [1.165, 1.54) is 0 Å². The lowest BCUT2D eigenvalue weighted by molar-refractivity contribution is -0.125. The molecule has 0 saturated carbocycles. The Hall–Kier alpha value is -1.16. The first kappa shape index (κ1) is 5.61. The van der Waals surface area contributed by atoms with Gasteiger partial charge in [-0.05, 0) is 0 Å². The second kappa shape index (κ2) is 1.67. The van der Waals surface area contributed by atoms with Crippen LogP contribution in [0, 0.1) is 0 Å². The van der Waals surface area contributed by atoms with Gasteiger partial charge in [0.2, 0.25) is 5.91 Å². The van der Waals surface area contributed by atoms with Crippen LogP contribution in [0.5, 0.6) is 0 Å². The number of amides is 2. The molecule has 4 nitrogen and oxygen atoms in total. The van der Waals surface area contributed by atoms with Crippen molar-refractivity contribution in [1.29, 1.82) is 0 Å². The first-order valence-electron chi connectivity index (χ1n) is 3.07. The molecule has 1 atom stereocenters. The number of carbonyl (C=O) groups is 2. The van der Waals surface area contributed by atoms with Crippen LogP contribution >= 0.6 is 0 Å².